The van der Waals surface area contributed by atoms with Gasteiger partial charge in [0.15, 0.2) is 0 Å². The number of carbonyl (C=O) groups excluding carboxylic acids is 1. The molecule has 0 bridgehead atoms. The van der Waals surface area contributed by atoms with Gasteiger partial charge in [-0.15, -0.1) is 11.3 Å². The molecule has 4 heterocycles. The molecule has 0 aliphatic carbocycles. The van der Waals surface area contributed by atoms with Crippen molar-refractivity contribution in [3.8, 4) is 17.0 Å². The highest BCUT2D eigenvalue weighted by Crippen LogP contribution is 2.33. The number of pyridine rings is 1. The van der Waals surface area contributed by atoms with Crippen molar-refractivity contribution < 1.29 is 9.53 Å². The second-order valence-corrected chi connectivity index (χ2v) is 6.72. The van der Waals surface area contributed by atoms with E-state index in [0.717, 1.165) is 33.9 Å². The lowest BCUT2D eigenvalue weighted by atomic mass is 10.1. The smallest absolute Gasteiger partial charge is 0.255 e. The van der Waals surface area contributed by atoms with Crippen LogP contribution in [0.25, 0.3) is 21.6 Å². The molecule has 4 aromatic rings. The van der Waals surface area contributed by atoms with Gasteiger partial charge in [0.2, 0.25) is 0 Å². The summed E-state index contributed by atoms with van der Waals surface area (Å²) in [5.74, 6) is 0.547. The third-order valence-corrected chi connectivity index (χ3v) is 5.01. The number of benzene rings is 1. The molecule has 0 unspecified atom stereocenters. The van der Waals surface area contributed by atoms with Crippen LogP contribution in [-0.4, -0.2) is 32.0 Å². The first-order valence-corrected chi connectivity index (χ1v) is 8.94. The molecule has 1 aliphatic rings. The molecule has 1 amide bonds. The maximum atomic E-state index is 12.7. The van der Waals surface area contributed by atoms with Crippen molar-refractivity contribution >= 4 is 33.3 Å². The molecule has 0 radical (unpaired) electrons. The summed E-state index contributed by atoms with van der Waals surface area (Å²) in [6.07, 6.45) is 5.20. The van der Waals surface area contributed by atoms with Crippen molar-refractivity contribution in [1.82, 2.24) is 19.5 Å². The third-order valence-electron chi connectivity index (χ3n) is 4.27. The second-order valence-electron chi connectivity index (χ2n) is 5.89. The highest BCUT2D eigenvalue weighted by atomic mass is 32.1. The van der Waals surface area contributed by atoms with E-state index in [1.165, 1.54) is 11.3 Å². The Morgan fingerprint density at radius 3 is 3.15 bits per heavy atom. The van der Waals surface area contributed by atoms with Gasteiger partial charge >= 0.3 is 0 Å². The van der Waals surface area contributed by atoms with Crippen molar-refractivity contribution in [2.75, 3.05) is 11.9 Å². The van der Waals surface area contributed by atoms with Gasteiger partial charge in [-0.2, -0.15) is 0 Å². The van der Waals surface area contributed by atoms with Gasteiger partial charge < -0.3 is 14.6 Å². The van der Waals surface area contributed by atoms with Gasteiger partial charge in [0.1, 0.15) is 22.7 Å². The number of carbonyl (C=O) groups is 1. The molecule has 0 spiro atoms. The van der Waals surface area contributed by atoms with Gasteiger partial charge in [0.25, 0.3) is 5.91 Å². The lowest BCUT2D eigenvalue weighted by Gasteiger charge is -2.10. The molecule has 0 fully saturated rings. The van der Waals surface area contributed by atoms with E-state index in [1.807, 2.05) is 22.8 Å². The lowest BCUT2D eigenvalue weighted by Crippen LogP contribution is -2.12. The minimum absolute atomic E-state index is 0.209. The quantitative estimate of drug-likeness (QED) is 0.591. The van der Waals surface area contributed by atoms with Gasteiger partial charge in [0.05, 0.1) is 42.2 Å². The average Bonchev–Trinajstić information content (AvgIpc) is 3.27. The molecule has 1 N–H and O–H groups in total. The molecule has 0 saturated carbocycles. The zero-order chi connectivity index (χ0) is 17.5. The zero-order valence-electron chi connectivity index (χ0n) is 13.5. The van der Waals surface area contributed by atoms with E-state index in [0.29, 0.717) is 17.9 Å². The summed E-state index contributed by atoms with van der Waals surface area (Å²) < 4.78 is 7.81. The van der Waals surface area contributed by atoms with E-state index in [4.69, 9.17) is 4.74 Å². The summed E-state index contributed by atoms with van der Waals surface area (Å²) in [5, 5.41) is 2.88. The van der Waals surface area contributed by atoms with Crippen LogP contribution in [0.1, 0.15) is 10.4 Å². The van der Waals surface area contributed by atoms with Crippen LogP contribution in [0.3, 0.4) is 0 Å². The van der Waals surface area contributed by atoms with E-state index in [9.17, 15) is 4.79 Å². The van der Waals surface area contributed by atoms with Crippen molar-refractivity contribution in [3.63, 3.8) is 0 Å². The minimum atomic E-state index is -0.209. The van der Waals surface area contributed by atoms with Crippen LogP contribution in [0.5, 0.6) is 5.75 Å². The summed E-state index contributed by atoms with van der Waals surface area (Å²) in [7, 11) is 0. The summed E-state index contributed by atoms with van der Waals surface area (Å²) in [5.41, 5.74) is 5.47. The maximum Gasteiger partial charge on any atom is 0.255 e. The van der Waals surface area contributed by atoms with Crippen LogP contribution >= 0.6 is 11.3 Å². The summed E-state index contributed by atoms with van der Waals surface area (Å²) in [6.45, 7) is 1.30. The largest absolute Gasteiger partial charge is 0.491 e. The van der Waals surface area contributed by atoms with E-state index in [1.54, 1.807) is 30.3 Å². The number of thiazole rings is 1. The summed E-state index contributed by atoms with van der Waals surface area (Å²) in [6, 6.07) is 7.24. The molecule has 128 valence electrons. The number of rotatable bonds is 2. The summed E-state index contributed by atoms with van der Waals surface area (Å²) in [4.78, 5) is 26.3. The van der Waals surface area contributed by atoms with Crippen LogP contribution in [0.4, 0.5) is 5.69 Å². The monoisotopic (exact) mass is 363 g/mol. The molecule has 0 saturated heterocycles. The first-order chi connectivity index (χ1) is 12.8. The van der Waals surface area contributed by atoms with Crippen LogP contribution in [0.15, 0.2) is 48.5 Å². The predicted octanol–water partition coefficient (Wildman–Crippen LogP) is 3.20. The Morgan fingerprint density at radius 2 is 2.19 bits per heavy atom. The molecular weight excluding hydrogens is 350 g/mol. The Kier molecular flexibility index (Phi) is 3.42. The maximum absolute atomic E-state index is 12.7. The lowest BCUT2D eigenvalue weighted by molar-refractivity contribution is 0.102. The number of anilines is 1. The van der Waals surface area contributed by atoms with Crippen molar-refractivity contribution in [2.24, 2.45) is 0 Å². The molecule has 1 aliphatic heterocycles. The number of imidazole rings is 1. The molecule has 8 heteroatoms. The SMILES string of the molecule is O=C(Nc1cnc2scnc2c1)c1ccc2c(c1)-c1cncn1CCO2. The highest BCUT2D eigenvalue weighted by molar-refractivity contribution is 7.16. The Hall–Kier alpha value is -3.26. The van der Waals surface area contributed by atoms with Crippen LogP contribution < -0.4 is 10.1 Å². The Balaban J connectivity index is 1.48. The summed E-state index contributed by atoms with van der Waals surface area (Å²) >= 11 is 1.47. The fourth-order valence-corrected chi connectivity index (χ4v) is 3.62. The van der Waals surface area contributed by atoms with Gasteiger partial charge in [-0.05, 0) is 24.3 Å². The van der Waals surface area contributed by atoms with Crippen LogP contribution in [-0.2, 0) is 6.54 Å². The number of amides is 1. The van der Waals surface area contributed by atoms with Crippen molar-refractivity contribution in [2.45, 2.75) is 6.54 Å². The van der Waals surface area contributed by atoms with Crippen molar-refractivity contribution in [1.29, 1.82) is 0 Å². The highest BCUT2D eigenvalue weighted by Gasteiger charge is 2.18. The molecule has 3 aromatic heterocycles. The number of aromatic nitrogens is 4. The molecule has 5 rings (SSSR count). The van der Waals surface area contributed by atoms with Gasteiger partial charge in [0, 0.05) is 11.1 Å². The van der Waals surface area contributed by atoms with E-state index in [-0.39, 0.29) is 5.91 Å². The van der Waals surface area contributed by atoms with Crippen LogP contribution in [0.2, 0.25) is 0 Å². The van der Waals surface area contributed by atoms with Gasteiger partial charge in [-0.3, -0.25) is 4.79 Å². The Bertz CT molecular complexity index is 1130. The number of hydrogen-bond donors (Lipinski definition) is 1. The molecule has 7 nitrogen and oxygen atoms in total. The molecule has 0 atom stereocenters. The standard InChI is InChI=1S/C18H13N5O2S/c24-17(22-12-6-14-18(20-7-12)26-10-21-14)11-1-2-16-13(5-11)15-8-19-9-23(15)3-4-25-16/h1-2,5-10H,3-4H2,(H,22,24). The molecule has 1 aromatic carbocycles. The number of fused-ring (bicyclic) bond motifs is 4. The van der Waals surface area contributed by atoms with E-state index < -0.39 is 0 Å². The van der Waals surface area contributed by atoms with E-state index >= 15 is 0 Å². The second kappa shape index (κ2) is 5.92. The molecule has 26 heavy (non-hydrogen) atoms. The number of nitrogens with one attached hydrogen (secondary N) is 1. The topological polar surface area (TPSA) is 81.9 Å². The van der Waals surface area contributed by atoms with Gasteiger partial charge in [-0.1, -0.05) is 0 Å². The third kappa shape index (κ3) is 2.51. The number of hydrogen-bond acceptors (Lipinski definition) is 6. The first-order valence-electron chi connectivity index (χ1n) is 8.06. The Morgan fingerprint density at radius 1 is 1.23 bits per heavy atom. The predicted molar refractivity (Wildman–Crippen MR) is 98.5 cm³/mol. The first kappa shape index (κ1) is 15.0. The minimum Gasteiger partial charge on any atom is -0.491 e. The Labute approximate surface area is 152 Å². The number of nitrogens with zero attached hydrogens (tertiary/aromatic N) is 4. The number of ether oxygens (including phenoxy) is 1. The van der Waals surface area contributed by atoms with Crippen LogP contribution in [0, 0.1) is 0 Å². The zero-order valence-corrected chi connectivity index (χ0v) is 14.4. The normalized spacial score (nSPS) is 12.8. The van der Waals surface area contributed by atoms with Crippen molar-refractivity contribution in [3.05, 3.63) is 54.1 Å². The average molecular weight is 363 g/mol. The molecular formula is C18H13N5O2S. The fraction of sp³-hybridized carbons (Fsp3) is 0.111. The van der Waals surface area contributed by atoms with Gasteiger partial charge in [-0.25, -0.2) is 15.0 Å². The fourth-order valence-electron chi connectivity index (χ4n) is 3.00. The van der Waals surface area contributed by atoms with E-state index in [2.05, 4.69) is 20.3 Å².